The lowest BCUT2D eigenvalue weighted by Crippen LogP contribution is -2.23. The molecule has 0 bridgehead atoms. The molecule has 0 aliphatic heterocycles. The van der Waals surface area contributed by atoms with Crippen molar-refractivity contribution in [3.05, 3.63) is 16.4 Å². The Morgan fingerprint density at radius 1 is 1.39 bits per heavy atom. The molecule has 1 aromatic rings. The van der Waals surface area contributed by atoms with Crippen LogP contribution in [0, 0.1) is 5.41 Å². The largest absolute Gasteiger partial charge is 0.393 e. The van der Waals surface area contributed by atoms with E-state index in [9.17, 15) is 5.11 Å². The predicted molar refractivity (Wildman–Crippen MR) is 76.1 cm³/mol. The van der Waals surface area contributed by atoms with Gasteiger partial charge >= 0.3 is 0 Å². The highest BCUT2D eigenvalue weighted by Crippen LogP contribution is 2.32. The fourth-order valence-corrected chi connectivity index (χ4v) is 2.85. The van der Waals surface area contributed by atoms with Crippen LogP contribution in [0.2, 0.25) is 5.02 Å². The SMILES string of the molecule is CCc1nn(CC)c(CC(C)(C)CC(C)O)c1Cl. The highest BCUT2D eigenvalue weighted by atomic mass is 35.5. The van der Waals surface area contributed by atoms with Crippen molar-refractivity contribution in [3.8, 4) is 0 Å². The Hall–Kier alpha value is -0.540. The second-order valence-corrected chi connectivity index (χ2v) is 6.15. The first kappa shape index (κ1) is 15.5. The van der Waals surface area contributed by atoms with Gasteiger partial charge in [0, 0.05) is 6.54 Å². The van der Waals surface area contributed by atoms with Crippen LogP contribution in [0.15, 0.2) is 0 Å². The maximum absolute atomic E-state index is 9.56. The first-order valence-electron chi connectivity index (χ1n) is 6.72. The van der Waals surface area contributed by atoms with Gasteiger partial charge < -0.3 is 5.11 Å². The van der Waals surface area contributed by atoms with E-state index >= 15 is 0 Å². The zero-order chi connectivity index (χ0) is 13.9. The minimum absolute atomic E-state index is 0.0236. The van der Waals surface area contributed by atoms with Gasteiger partial charge in [0.2, 0.25) is 0 Å². The fraction of sp³-hybridized carbons (Fsp3) is 0.786. The third-order valence-electron chi connectivity index (χ3n) is 3.19. The molecular weight excluding hydrogens is 248 g/mol. The van der Waals surface area contributed by atoms with Crippen molar-refractivity contribution in [2.24, 2.45) is 5.41 Å². The molecule has 18 heavy (non-hydrogen) atoms. The van der Waals surface area contributed by atoms with Gasteiger partial charge in [-0.3, -0.25) is 4.68 Å². The molecular formula is C14H25ClN2O. The van der Waals surface area contributed by atoms with E-state index in [2.05, 4.69) is 32.8 Å². The van der Waals surface area contributed by atoms with Gasteiger partial charge in [0.15, 0.2) is 0 Å². The number of rotatable bonds is 6. The summed E-state index contributed by atoms with van der Waals surface area (Å²) in [5.74, 6) is 0. The van der Waals surface area contributed by atoms with E-state index in [-0.39, 0.29) is 11.5 Å². The number of aromatic nitrogens is 2. The first-order chi connectivity index (χ1) is 8.30. The van der Waals surface area contributed by atoms with Crippen molar-refractivity contribution in [1.82, 2.24) is 9.78 Å². The lowest BCUT2D eigenvalue weighted by atomic mass is 9.82. The number of hydrogen-bond donors (Lipinski definition) is 1. The van der Waals surface area contributed by atoms with Crippen LogP contribution in [0.4, 0.5) is 0 Å². The summed E-state index contributed by atoms with van der Waals surface area (Å²) >= 11 is 6.41. The van der Waals surface area contributed by atoms with Crippen LogP contribution in [0.1, 0.15) is 52.4 Å². The number of aliphatic hydroxyl groups is 1. The highest BCUT2D eigenvalue weighted by molar-refractivity contribution is 6.31. The zero-order valence-electron chi connectivity index (χ0n) is 12.1. The molecule has 0 aliphatic rings. The smallest absolute Gasteiger partial charge is 0.0850 e. The van der Waals surface area contributed by atoms with Crippen LogP contribution in [-0.2, 0) is 19.4 Å². The van der Waals surface area contributed by atoms with E-state index in [1.165, 1.54) is 0 Å². The highest BCUT2D eigenvalue weighted by Gasteiger charge is 2.25. The predicted octanol–water partition coefficient (Wildman–Crippen LogP) is 3.46. The van der Waals surface area contributed by atoms with Gasteiger partial charge in [-0.05, 0) is 38.5 Å². The van der Waals surface area contributed by atoms with Crippen LogP contribution < -0.4 is 0 Å². The molecule has 0 fully saturated rings. The van der Waals surface area contributed by atoms with Gasteiger partial charge in [-0.2, -0.15) is 5.10 Å². The van der Waals surface area contributed by atoms with Crippen molar-refractivity contribution in [2.75, 3.05) is 0 Å². The van der Waals surface area contributed by atoms with Crippen LogP contribution in [0.25, 0.3) is 0 Å². The lowest BCUT2D eigenvalue weighted by Gasteiger charge is -2.26. The molecule has 1 heterocycles. The van der Waals surface area contributed by atoms with Gasteiger partial charge in [0.1, 0.15) is 0 Å². The third-order valence-corrected chi connectivity index (χ3v) is 3.62. The average Bonchev–Trinajstić information content (AvgIpc) is 2.53. The topological polar surface area (TPSA) is 38.0 Å². The third kappa shape index (κ3) is 3.72. The van der Waals surface area contributed by atoms with Crippen molar-refractivity contribution < 1.29 is 5.11 Å². The van der Waals surface area contributed by atoms with E-state index in [1.54, 1.807) is 0 Å². The van der Waals surface area contributed by atoms with Crippen LogP contribution in [0.5, 0.6) is 0 Å². The Labute approximate surface area is 115 Å². The molecule has 0 saturated heterocycles. The zero-order valence-corrected chi connectivity index (χ0v) is 12.9. The summed E-state index contributed by atoms with van der Waals surface area (Å²) in [5.41, 5.74) is 2.10. The second kappa shape index (κ2) is 6.07. The van der Waals surface area contributed by atoms with Crippen LogP contribution in [0.3, 0.4) is 0 Å². The summed E-state index contributed by atoms with van der Waals surface area (Å²) in [7, 11) is 0. The normalized spacial score (nSPS) is 13.9. The average molecular weight is 273 g/mol. The molecule has 1 unspecified atom stereocenters. The summed E-state index contributed by atoms with van der Waals surface area (Å²) in [5, 5.41) is 14.9. The molecule has 3 nitrogen and oxygen atoms in total. The maximum atomic E-state index is 9.56. The summed E-state index contributed by atoms with van der Waals surface area (Å²) in [6, 6.07) is 0. The van der Waals surface area contributed by atoms with Crippen molar-refractivity contribution >= 4 is 11.6 Å². The molecule has 0 radical (unpaired) electrons. The number of nitrogens with zero attached hydrogens (tertiary/aromatic N) is 2. The number of aliphatic hydroxyl groups excluding tert-OH is 1. The minimum atomic E-state index is -0.289. The van der Waals surface area contributed by atoms with E-state index in [0.717, 1.165) is 42.2 Å². The Kier molecular flexibility index (Phi) is 5.23. The first-order valence-corrected chi connectivity index (χ1v) is 7.10. The van der Waals surface area contributed by atoms with Crippen molar-refractivity contribution in [2.45, 2.75) is 66.5 Å². The van der Waals surface area contributed by atoms with E-state index in [0.29, 0.717) is 0 Å². The molecule has 0 saturated carbocycles. The number of hydrogen-bond acceptors (Lipinski definition) is 2. The number of aryl methyl sites for hydroxylation is 2. The molecule has 1 atom stereocenters. The van der Waals surface area contributed by atoms with Gasteiger partial charge in [0.05, 0.1) is 22.5 Å². The van der Waals surface area contributed by atoms with Gasteiger partial charge in [-0.1, -0.05) is 32.4 Å². The molecule has 1 aromatic heterocycles. The van der Waals surface area contributed by atoms with Crippen LogP contribution in [-0.4, -0.2) is 21.0 Å². The van der Waals surface area contributed by atoms with E-state index in [1.807, 2.05) is 11.6 Å². The molecule has 1 N–H and O–H groups in total. The standard InChI is InChI=1S/C14H25ClN2O/c1-6-11-13(15)12(17(7-2)16-11)9-14(4,5)8-10(3)18/h10,18H,6-9H2,1-5H3. The quantitative estimate of drug-likeness (QED) is 0.861. The molecule has 0 amide bonds. The number of halogens is 1. The molecule has 0 aromatic carbocycles. The van der Waals surface area contributed by atoms with Gasteiger partial charge in [-0.25, -0.2) is 0 Å². The molecule has 0 spiro atoms. The minimum Gasteiger partial charge on any atom is -0.393 e. The Balaban J connectivity index is 2.99. The van der Waals surface area contributed by atoms with Gasteiger partial charge in [0.25, 0.3) is 0 Å². The van der Waals surface area contributed by atoms with Gasteiger partial charge in [-0.15, -0.1) is 0 Å². The Morgan fingerprint density at radius 2 is 2.00 bits per heavy atom. The maximum Gasteiger partial charge on any atom is 0.0850 e. The molecule has 1 rings (SSSR count). The Bertz CT molecular complexity index is 397. The van der Waals surface area contributed by atoms with Crippen molar-refractivity contribution in [3.63, 3.8) is 0 Å². The summed E-state index contributed by atoms with van der Waals surface area (Å²) in [6.07, 6.45) is 2.18. The van der Waals surface area contributed by atoms with E-state index in [4.69, 9.17) is 11.6 Å². The summed E-state index contributed by atoms with van der Waals surface area (Å²) in [4.78, 5) is 0. The monoisotopic (exact) mass is 272 g/mol. The molecule has 4 heteroatoms. The fourth-order valence-electron chi connectivity index (χ4n) is 2.51. The Morgan fingerprint density at radius 3 is 2.44 bits per heavy atom. The second-order valence-electron chi connectivity index (χ2n) is 5.77. The van der Waals surface area contributed by atoms with Crippen molar-refractivity contribution in [1.29, 1.82) is 0 Å². The summed E-state index contributed by atoms with van der Waals surface area (Å²) in [6.45, 7) is 11.1. The van der Waals surface area contributed by atoms with E-state index < -0.39 is 0 Å². The lowest BCUT2D eigenvalue weighted by molar-refractivity contribution is 0.128. The van der Waals surface area contributed by atoms with Crippen LogP contribution >= 0.6 is 11.6 Å². The summed E-state index contributed by atoms with van der Waals surface area (Å²) < 4.78 is 1.99. The molecule has 0 aliphatic carbocycles. The molecule has 104 valence electrons.